The molecule has 1 heterocycles. The standard InChI is InChI=1S/C14H25N3O4/c1-14(2,3)8-10(12(19)20)9-16-13(21)17-6-4-11(18)15-5-7-17/h10H,4-9H2,1-3H3,(H,15,18)(H,16,21)(H,19,20). The molecular formula is C14H25N3O4. The third-order valence-electron chi connectivity index (χ3n) is 3.31. The van der Waals surface area contributed by atoms with Crippen LogP contribution in [-0.4, -0.2) is 54.1 Å². The van der Waals surface area contributed by atoms with Crippen molar-refractivity contribution >= 4 is 17.9 Å². The number of nitrogens with one attached hydrogen (secondary N) is 2. The molecule has 0 aliphatic carbocycles. The molecule has 3 amide bonds. The molecule has 0 saturated carbocycles. The molecule has 1 rings (SSSR count). The molecule has 7 heteroatoms. The Labute approximate surface area is 125 Å². The first-order valence-corrected chi connectivity index (χ1v) is 7.21. The van der Waals surface area contributed by atoms with E-state index in [0.29, 0.717) is 26.1 Å². The Morgan fingerprint density at radius 3 is 2.62 bits per heavy atom. The van der Waals surface area contributed by atoms with E-state index in [4.69, 9.17) is 0 Å². The topological polar surface area (TPSA) is 98.7 Å². The van der Waals surface area contributed by atoms with Gasteiger partial charge < -0.3 is 20.6 Å². The molecule has 1 aliphatic heterocycles. The maximum atomic E-state index is 12.0. The van der Waals surface area contributed by atoms with Gasteiger partial charge in [0.2, 0.25) is 5.91 Å². The van der Waals surface area contributed by atoms with Crippen LogP contribution in [-0.2, 0) is 9.59 Å². The summed E-state index contributed by atoms with van der Waals surface area (Å²) in [5.41, 5.74) is -0.118. The highest BCUT2D eigenvalue weighted by Crippen LogP contribution is 2.24. The number of amides is 3. The molecule has 1 atom stereocenters. The van der Waals surface area contributed by atoms with Crippen molar-refractivity contribution in [2.45, 2.75) is 33.6 Å². The predicted octanol–water partition coefficient (Wildman–Crippen LogP) is 0.655. The molecule has 0 aromatic carbocycles. The third-order valence-corrected chi connectivity index (χ3v) is 3.31. The Balaban J connectivity index is 2.49. The molecule has 1 unspecified atom stereocenters. The Bertz CT molecular complexity index is 404. The van der Waals surface area contributed by atoms with Gasteiger partial charge in [-0.1, -0.05) is 20.8 Å². The van der Waals surface area contributed by atoms with Gasteiger partial charge in [-0.3, -0.25) is 9.59 Å². The first-order valence-electron chi connectivity index (χ1n) is 7.21. The summed E-state index contributed by atoms with van der Waals surface area (Å²) >= 11 is 0. The lowest BCUT2D eigenvalue weighted by Gasteiger charge is -2.25. The van der Waals surface area contributed by atoms with Crippen LogP contribution in [0.25, 0.3) is 0 Å². The molecule has 1 saturated heterocycles. The van der Waals surface area contributed by atoms with Crippen molar-refractivity contribution in [3.05, 3.63) is 0 Å². The highest BCUT2D eigenvalue weighted by Gasteiger charge is 2.26. The average molecular weight is 299 g/mol. The van der Waals surface area contributed by atoms with Gasteiger partial charge in [0, 0.05) is 32.6 Å². The Hall–Kier alpha value is -1.79. The van der Waals surface area contributed by atoms with Gasteiger partial charge >= 0.3 is 12.0 Å². The van der Waals surface area contributed by atoms with Crippen LogP contribution in [0.5, 0.6) is 0 Å². The first-order chi connectivity index (χ1) is 9.69. The molecule has 0 radical (unpaired) electrons. The van der Waals surface area contributed by atoms with E-state index in [1.54, 1.807) is 0 Å². The number of hydrogen-bond acceptors (Lipinski definition) is 3. The molecule has 21 heavy (non-hydrogen) atoms. The van der Waals surface area contributed by atoms with Crippen LogP contribution in [0, 0.1) is 11.3 Å². The molecule has 0 aromatic rings. The van der Waals surface area contributed by atoms with Crippen LogP contribution in [0.15, 0.2) is 0 Å². The van der Waals surface area contributed by atoms with Gasteiger partial charge in [0.15, 0.2) is 0 Å². The number of carboxylic acid groups (broad SMARTS) is 1. The van der Waals surface area contributed by atoms with Gasteiger partial charge in [0.05, 0.1) is 5.92 Å². The Morgan fingerprint density at radius 1 is 1.38 bits per heavy atom. The molecule has 0 spiro atoms. The van der Waals surface area contributed by atoms with Crippen LogP contribution in [0.2, 0.25) is 0 Å². The van der Waals surface area contributed by atoms with Crippen molar-refractivity contribution in [1.82, 2.24) is 15.5 Å². The summed E-state index contributed by atoms with van der Waals surface area (Å²) in [6.07, 6.45) is 0.764. The van der Waals surface area contributed by atoms with Crippen LogP contribution in [0.1, 0.15) is 33.6 Å². The number of urea groups is 1. The highest BCUT2D eigenvalue weighted by atomic mass is 16.4. The summed E-state index contributed by atoms with van der Waals surface area (Å²) in [5, 5.41) is 14.6. The average Bonchev–Trinajstić information content (AvgIpc) is 2.57. The zero-order chi connectivity index (χ0) is 16.0. The largest absolute Gasteiger partial charge is 0.481 e. The summed E-state index contributed by atoms with van der Waals surface area (Å²) in [7, 11) is 0. The quantitative estimate of drug-likeness (QED) is 0.710. The van der Waals surface area contributed by atoms with E-state index in [2.05, 4.69) is 10.6 Å². The van der Waals surface area contributed by atoms with Gasteiger partial charge in [0.25, 0.3) is 0 Å². The maximum Gasteiger partial charge on any atom is 0.317 e. The van der Waals surface area contributed by atoms with E-state index in [0.717, 1.165) is 0 Å². The first kappa shape index (κ1) is 17.3. The molecule has 3 N–H and O–H groups in total. The summed E-state index contributed by atoms with van der Waals surface area (Å²) in [5.74, 6) is -1.58. The lowest BCUT2D eigenvalue weighted by molar-refractivity contribution is -0.142. The van der Waals surface area contributed by atoms with Crippen molar-refractivity contribution in [3.63, 3.8) is 0 Å². The zero-order valence-electron chi connectivity index (χ0n) is 12.9. The lowest BCUT2D eigenvalue weighted by atomic mass is 9.84. The fraction of sp³-hybridized carbons (Fsp3) is 0.786. The van der Waals surface area contributed by atoms with Crippen LogP contribution < -0.4 is 10.6 Å². The van der Waals surface area contributed by atoms with E-state index >= 15 is 0 Å². The summed E-state index contributed by atoms with van der Waals surface area (Å²) in [6.45, 7) is 7.23. The second-order valence-electron chi connectivity index (χ2n) is 6.57. The fourth-order valence-electron chi connectivity index (χ4n) is 2.28. The van der Waals surface area contributed by atoms with Gasteiger partial charge in [-0.2, -0.15) is 0 Å². The molecule has 1 aliphatic rings. The van der Waals surface area contributed by atoms with Crippen LogP contribution >= 0.6 is 0 Å². The predicted molar refractivity (Wildman–Crippen MR) is 77.8 cm³/mol. The summed E-state index contributed by atoms with van der Waals surface area (Å²) in [4.78, 5) is 36.0. The lowest BCUT2D eigenvalue weighted by Crippen LogP contribution is -2.44. The van der Waals surface area contributed by atoms with Crippen molar-refractivity contribution in [1.29, 1.82) is 0 Å². The normalized spacial score (nSPS) is 17.7. The zero-order valence-corrected chi connectivity index (χ0v) is 12.9. The monoisotopic (exact) mass is 299 g/mol. The van der Waals surface area contributed by atoms with Crippen molar-refractivity contribution in [2.24, 2.45) is 11.3 Å². The maximum absolute atomic E-state index is 12.0. The van der Waals surface area contributed by atoms with Crippen molar-refractivity contribution in [2.75, 3.05) is 26.2 Å². The van der Waals surface area contributed by atoms with Gasteiger partial charge in [-0.25, -0.2) is 4.79 Å². The molecule has 120 valence electrons. The second-order valence-corrected chi connectivity index (χ2v) is 6.57. The highest BCUT2D eigenvalue weighted by molar-refractivity contribution is 5.79. The number of carbonyl (C=O) groups excluding carboxylic acids is 2. The molecule has 0 aromatic heterocycles. The molecular weight excluding hydrogens is 274 g/mol. The Morgan fingerprint density at radius 2 is 2.05 bits per heavy atom. The molecule has 0 bridgehead atoms. The number of carboxylic acids is 1. The van der Waals surface area contributed by atoms with Crippen LogP contribution in [0.3, 0.4) is 0 Å². The number of aliphatic carboxylic acids is 1. The molecule has 1 fully saturated rings. The van der Waals surface area contributed by atoms with E-state index in [1.807, 2.05) is 20.8 Å². The van der Waals surface area contributed by atoms with Gasteiger partial charge in [0.1, 0.15) is 0 Å². The SMILES string of the molecule is CC(C)(C)CC(CNC(=O)N1CCNC(=O)CC1)C(=O)O. The minimum Gasteiger partial charge on any atom is -0.481 e. The van der Waals surface area contributed by atoms with Gasteiger partial charge in [-0.15, -0.1) is 0 Å². The summed E-state index contributed by atoms with van der Waals surface area (Å²) < 4.78 is 0. The third kappa shape index (κ3) is 6.46. The minimum atomic E-state index is -0.905. The smallest absolute Gasteiger partial charge is 0.317 e. The van der Waals surface area contributed by atoms with Gasteiger partial charge in [-0.05, 0) is 11.8 Å². The van der Waals surface area contributed by atoms with Crippen molar-refractivity contribution < 1.29 is 19.5 Å². The number of hydrogen-bond donors (Lipinski definition) is 3. The van der Waals surface area contributed by atoms with E-state index in [1.165, 1.54) is 4.90 Å². The van der Waals surface area contributed by atoms with E-state index in [-0.39, 0.29) is 30.3 Å². The van der Waals surface area contributed by atoms with Crippen molar-refractivity contribution in [3.8, 4) is 0 Å². The van der Waals surface area contributed by atoms with E-state index < -0.39 is 11.9 Å². The van der Waals surface area contributed by atoms with Crippen LogP contribution in [0.4, 0.5) is 4.79 Å². The molecule has 7 nitrogen and oxygen atoms in total. The Kier molecular flexibility index (Phi) is 5.99. The minimum absolute atomic E-state index is 0.0681. The number of rotatable bonds is 4. The number of nitrogens with zero attached hydrogens (tertiary/aromatic N) is 1. The second kappa shape index (κ2) is 7.28. The van der Waals surface area contributed by atoms with E-state index in [9.17, 15) is 19.5 Å². The fourth-order valence-corrected chi connectivity index (χ4v) is 2.28. The summed E-state index contributed by atoms with van der Waals surface area (Å²) in [6, 6.07) is -0.313. The number of carbonyl (C=O) groups is 3.